The van der Waals surface area contributed by atoms with E-state index in [9.17, 15) is 8.76 Å². The van der Waals surface area contributed by atoms with Gasteiger partial charge in [-0.25, -0.2) is 0 Å². The van der Waals surface area contributed by atoms with E-state index in [1.54, 1.807) is 13.8 Å². The lowest BCUT2D eigenvalue weighted by atomic mass is 9.80. The molecule has 0 amide bonds. The Balaban J connectivity index is 2.61. The van der Waals surface area contributed by atoms with Crippen molar-refractivity contribution in [3.63, 3.8) is 0 Å². The lowest BCUT2D eigenvalue weighted by Crippen LogP contribution is -2.30. The summed E-state index contributed by atoms with van der Waals surface area (Å²) in [6, 6.07) is 0. The van der Waals surface area contributed by atoms with Gasteiger partial charge in [0.15, 0.2) is 0 Å². The Bertz CT molecular complexity index is 255. The molecule has 1 rings (SSSR count). The van der Waals surface area contributed by atoms with E-state index in [2.05, 4.69) is 13.8 Å². The Morgan fingerprint density at radius 3 is 2.47 bits per heavy atom. The number of rotatable bonds is 3. The van der Waals surface area contributed by atoms with Crippen LogP contribution in [0.25, 0.3) is 0 Å². The van der Waals surface area contributed by atoms with E-state index in [1.165, 1.54) is 6.42 Å². The molecule has 0 spiro atoms. The van der Waals surface area contributed by atoms with Crippen LogP contribution in [0.15, 0.2) is 0 Å². The highest BCUT2D eigenvalue weighted by atomic mass is 31.2. The van der Waals surface area contributed by atoms with Crippen LogP contribution in [0.4, 0.5) is 4.20 Å². The molecule has 0 bridgehead atoms. The quantitative estimate of drug-likeness (QED) is 0.679. The Hall–Kier alpha value is 0.120. The van der Waals surface area contributed by atoms with Gasteiger partial charge in [0.25, 0.3) is 0 Å². The van der Waals surface area contributed by atoms with Gasteiger partial charge in [-0.2, -0.15) is 4.20 Å². The van der Waals surface area contributed by atoms with Gasteiger partial charge in [-0.15, -0.1) is 0 Å². The van der Waals surface area contributed by atoms with Crippen LogP contribution in [0.2, 0.25) is 0 Å². The van der Waals surface area contributed by atoms with Gasteiger partial charge >= 0.3 is 7.68 Å². The van der Waals surface area contributed by atoms with Gasteiger partial charge < -0.3 is 4.52 Å². The average Bonchev–Trinajstić information content (AvgIpc) is 2.12. The van der Waals surface area contributed by atoms with Gasteiger partial charge in [0.05, 0.1) is 11.8 Å². The average molecular weight is 236 g/mol. The summed E-state index contributed by atoms with van der Waals surface area (Å²) in [7, 11) is -3.90. The smallest absolute Gasteiger partial charge is 0.302 e. The van der Waals surface area contributed by atoms with E-state index in [0.29, 0.717) is 11.8 Å². The van der Waals surface area contributed by atoms with E-state index >= 15 is 0 Å². The molecule has 4 heteroatoms. The zero-order valence-corrected chi connectivity index (χ0v) is 11.0. The maximum Gasteiger partial charge on any atom is 0.370 e. The SMILES string of the molecule is CC1CCCC(OP(=O)(F)C(C)C)C1C. The maximum absolute atomic E-state index is 13.6. The van der Waals surface area contributed by atoms with E-state index in [-0.39, 0.29) is 6.10 Å². The summed E-state index contributed by atoms with van der Waals surface area (Å²) in [5.41, 5.74) is -0.526. The lowest BCUT2D eigenvalue weighted by molar-refractivity contribution is 0.0636. The highest BCUT2D eigenvalue weighted by Crippen LogP contribution is 2.56. The summed E-state index contributed by atoms with van der Waals surface area (Å²) in [5, 5.41) is 0. The van der Waals surface area contributed by atoms with Gasteiger partial charge in [0, 0.05) is 0 Å². The highest BCUT2D eigenvalue weighted by molar-refractivity contribution is 7.54. The molecule has 15 heavy (non-hydrogen) atoms. The molecule has 0 heterocycles. The van der Waals surface area contributed by atoms with Crippen molar-refractivity contribution in [2.75, 3.05) is 0 Å². The second-order valence-corrected chi connectivity index (χ2v) is 7.31. The Kier molecular flexibility index (Phi) is 4.37. The topological polar surface area (TPSA) is 26.3 Å². The molecule has 0 saturated heterocycles. The van der Waals surface area contributed by atoms with E-state index < -0.39 is 13.3 Å². The first-order valence-corrected chi connectivity index (χ1v) is 7.41. The summed E-state index contributed by atoms with van der Waals surface area (Å²) in [4.78, 5) is 0. The van der Waals surface area contributed by atoms with Crippen LogP contribution in [0.5, 0.6) is 0 Å². The Labute approximate surface area is 92.2 Å². The highest BCUT2D eigenvalue weighted by Gasteiger charge is 2.36. The fourth-order valence-electron chi connectivity index (χ4n) is 1.99. The molecular weight excluding hydrogens is 214 g/mol. The van der Waals surface area contributed by atoms with Crippen molar-refractivity contribution in [2.45, 2.75) is 58.7 Å². The third kappa shape index (κ3) is 3.29. The fraction of sp³-hybridized carbons (Fsp3) is 1.00. The summed E-state index contributed by atoms with van der Waals surface area (Å²) in [6.07, 6.45) is 2.90. The monoisotopic (exact) mass is 236 g/mol. The van der Waals surface area contributed by atoms with Crippen molar-refractivity contribution in [1.29, 1.82) is 0 Å². The minimum atomic E-state index is -3.90. The molecule has 1 aliphatic carbocycles. The van der Waals surface area contributed by atoms with Crippen LogP contribution in [-0.2, 0) is 9.09 Å². The molecular formula is C11H22FO2P. The van der Waals surface area contributed by atoms with Gasteiger partial charge in [-0.1, -0.05) is 40.5 Å². The molecule has 90 valence electrons. The lowest BCUT2D eigenvalue weighted by Gasteiger charge is -2.34. The third-order valence-corrected chi connectivity index (χ3v) is 5.32. The summed E-state index contributed by atoms with van der Waals surface area (Å²) in [6.45, 7) is 7.43. The van der Waals surface area contributed by atoms with Gasteiger partial charge in [-0.05, 0) is 18.3 Å². The van der Waals surface area contributed by atoms with Crippen LogP contribution in [0.3, 0.4) is 0 Å². The van der Waals surface area contributed by atoms with Crippen molar-refractivity contribution in [2.24, 2.45) is 11.8 Å². The van der Waals surface area contributed by atoms with Crippen LogP contribution < -0.4 is 0 Å². The molecule has 0 radical (unpaired) electrons. The zero-order chi connectivity index (χ0) is 11.6. The zero-order valence-electron chi connectivity index (χ0n) is 10.1. The van der Waals surface area contributed by atoms with E-state index in [1.807, 2.05) is 0 Å². The molecule has 4 unspecified atom stereocenters. The predicted octanol–water partition coefficient (Wildman–Crippen LogP) is 4.40. The Morgan fingerprint density at radius 2 is 1.93 bits per heavy atom. The molecule has 0 aromatic carbocycles. The van der Waals surface area contributed by atoms with Crippen molar-refractivity contribution in [1.82, 2.24) is 0 Å². The molecule has 0 aliphatic heterocycles. The summed E-state index contributed by atoms with van der Waals surface area (Å²) >= 11 is 0. The van der Waals surface area contributed by atoms with Crippen LogP contribution in [0.1, 0.15) is 47.0 Å². The standard InChI is InChI=1S/C11H22FO2P/c1-8(2)15(12,13)14-11-7-5-6-9(3)10(11)4/h8-11H,5-7H2,1-4H3. The van der Waals surface area contributed by atoms with Crippen molar-refractivity contribution < 1.29 is 13.3 Å². The molecule has 0 aromatic rings. The third-order valence-electron chi connectivity index (χ3n) is 3.53. The van der Waals surface area contributed by atoms with Crippen LogP contribution >= 0.6 is 7.68 Å². The van der Waals surface area contributed by atoms with Crippen molar-refractivity contribution >= 4 is 7.68 Å². The molecule has 4 atom stereocenters. The normalized spacial score (nSPS) is 36.5. The van der Waals surface area contributed by atoms with Gasteiger partial charge in [0.1, 0.15) is 0 Å². The van der Waals surface area contributed by atoms with E-state index in [4.69, 9.17) is 4.52 Å². The molecule has 1 aliphatic rings. The molecule has 2 nitrogen and oxygen atoms in total. The number of hydrogen-bond acceptors (Lipinski definition) is 2. The molecule has 0 N–H and O–H groups in total. The molecule has 1 fully saturated rings. The first kappa shape index (κ1) is 13.2. The van der Waals surface area contributed by atoms with Gasteiger partial charge in [0.2, 0.25) is 0 Å². The largest absolute Gasteiger partial charge is 0.370 e. The first-order chi connectivity index (χ1) is 6.84. The maximum atomic E-state index is 13.6. The molecule has 0 aromatic heterocycles. The Morgan fingerprint density at radius 1 is 1.33 bits per heavy atom. The minimum absolute atomic E-state index is 0.160. The van der Waals surface area contributed by atoms with Gasteiger partial charge in [-0.3, -0.25) is 4.57 Å². The summed E-state index contributed by atoms with van der Waals surface area (Å²) < 4.78 is 30.4. The first-order valence-electron chi connectivity index (χ1n) is 5.82. The fourth-order valence-corrected chi connectivity index (χ4v) is 2.90. The van der Waals surface area contributed by atoms with E-state index in [0.717, 1.165) is 12.8 Å². The number of halogens is 1. The summed E-state index contributed by atoms with van der Waals surface area (Å²) in [5.74, 6) is 0.845. The van der Waals surface area contributed by atoms with Crippen LogP contribution in [0, 0.1) is 11.8 Å². The minimum Gasteiger partial charge on any atom is -0.302 e. The predicted molar refractivity (Wildman–Crippen MR) is 60.9 cm³/mol. The number of hydrogen-bond donors (Lipinski definition) is 0. The molecule has 1 saturated carbocycles. The van der Waals surface area contributed by atoms with Crippen molar-refractivity contribution in [3.8, 4) is 0 Å². The second-order valence-electron chi connectivity index (χ2n) is 5.03. The second kappa shape index (κ2) is 4.97. The van der Waals surface area contributed by atoms with Crippen LogP contribution in [-0.4, -0.2) is 11.8 Å². The van der Waals surface area contributed by atoms with Crippen molar-refractivity contribution in [3.05, 3.63) is 0 Å².